The Morgan fingerprint density at radius 2 is 2.00 bits per heavy atom. The van der Waals surface area contributed by atoms with E-state index in [9.17, 15) is 9.00 Å². The lowest BCUT2D eigenvalue weighted by Gasteiger charge is -2.35. The summed E-state index contributed by atoms with van der Waals surface area (Å²) in [5.74, 6) is 1.25. The Hall–Kier alpha value is -0.620. The van der Waals surface area contributed by atoms with Crippen LogP contribution in [0.2, 0.25) is 0 Å². The lowest BCUT2D eigenvalue weighted by Crippen LogP contribution is -2.52. The summed E-state index contributed by atoms with van der Waals surface area (Å²) < 4.78 is 12.2. The summed E-state index contributed by atoms with van der Waals surface area (Å²) in [5.41, 5.74) is 0. The summed E-state index contributed by atoms with van der Waals surface area (Å²) in [5, 5.41) is 3.30. The third-order valence-corrected chi connectivity index (χ3v) is 7.04. The first-order valence-electron chi connectivity index (χ1n) is 9.08. The normalized spacial score (nSPS) is 30.7. The number of likely N-dealkylation sites (tertiary alicyclic amines) is 1. The third-order valence-electron chi connectivity index (χ3n) is 5.23. The average Bonchev–Trinajstić information content (AvgIpc) is 2.54. The summed E-state index contributed by atoms with van der Waals surface area (Å²) in [6.45, 7) is 5.02. The number of nitrogens with one attached hydrogen (secondary N) is 1. The molecule has 1 saturated carbocycles. The third kappa shape index (κ3) is 5.45. The zero-order chi connectivity index (χ0) is 16.8. The summed E-state index contributed by atoms with van der Waals surface area (Å²) >= 11 is 0. The van der Waals surface area contributed by atoms with Gasteiger partial charge in [0.1, 0.15) is 0 Å². The highest BCUT2D eigenvalue weighted by atomic mass is 32.2. The van der Waals surface area contributed by atoms with Crippen molar-refractivity contribution in [2.45, 2.75) is 56.7 Å². The van der Waals surface area contributed by atoms with E-state index >= 15 is 0 Å². The fourth-order valence-corrected chi connectivity index (χ4v) is 5.38. The number of carbonyl (C=O) groups is 1. The molecule has 0 unspecified atom stereocenters. The SMILES string of the molecule is CC[S@](=O)[C@@H]1CCCC[C@H]1NC(=O)N(C)C[C@H]1CCCN(C)C1. The molecule has 2 aliphatic rings. The molecule has 5 nitrogen and oxygen atoms in total. The molecular weight excluding hydrogens is 310 g/mol. The van der Waals surface area contributed by atoms with Gasteiger partial charge in [-0.05, 0) is 45.2 Å². The molecule has 1 aliphatic carbocycles. The van der Waals surface area contributed by atoms with Gasteiger partial charge in [0.15, 0.2) is 0 Å². The standard InChI is InChI=1S/C17H33N3O2S/c1-4-23(22)16-10-6-5-9-15(16)18-17(21)20(3)13-14-8-7-11-19(2)12-14/h14-16H,4-13H2,1-3H3,(H,18,21)/t14-,15+,16+,23-/m0/s1. The maximum atomic E-state index is 12.5. The molecule has 0 aromatic carbocycles. The van der Waals surface area contributed by atoms with Crippen LogP contribution < -0.4 is 5.32 Å². The number of piperidine rings is 1. The first kappa shape index (κ1) is 18.7. The van der Waals surface area contributed by atoms with Crippen molar-refractivity contribution in [1.82, 2.24) is 15.1 Å². The van der Waals surface area contributed by atoms with E-state index in [2.05, 4.69) is 17.3 Å². The molecule has 1 aliphatic heterocycles. The van der Waals surface area contributed by atoms with Crippen LogP contribution in [-0.2, 0) is 10.8 Å². The zero-order valence-electron chi connectivity index (χ0n) is 14.9. The summed E-state index contributed by atoms with van der Waals surface area (Å²) in [4.78, 5) is 16.7. The Morgan fingerprint density at radius 1 is 1.26 bits per heavy atom. The predicted molar refractivity (Wildman–Crippen MR) is 96.1 cm³/mol. The second-order valence-corrected chi connectivity index (χ2v) is 9.14. The molecule has 1 N–H and O–H groups in total. The van der Waals surface area contributed by atoms with Gasteiger partial charge < -0.3 is 15.1 Å². The van der Waals surface area contributed by atoms with Gasteiger partial charge in [-0.3, -0.25) is 4.21 Å². The van der Waals surface area contributed by atoms with Gasteiger partial charge in [0, 0.05) is 42.7 Å². The minimum absolute atomic E-state index is 0.00299. The molecule has 0 aromatic rings. The molecule has 0 spiro atoms. The summed E-state index contributed by atoms with van der Waals surface area (Å²) in [6.07, 6.45) is 6.61. The highest BCUT2D eigenvalue weighted by Crippen LogP contribution is 2.23. The minimum Gasteiger partial charge on any atom is -0.334 e. The Bertz CT molecular complexity index is 419. The molecule has 2 rings (SSSR count). The van der Waals surface area contributed by atoms with E-state index in [1.807, 2.05) is 18.9 Å². The van der Waals surface area contributed by atoms with Crippen molar-refractivity contribution in [3.8, 4) is 0 Å². The predicted octanol–water partition coefficient (Wildman–Crippen LogP) is 2.05. The highest BCUT2D eigenvalue weighted by molar-refractivity contribution is 7.85. The van der Waals surface area contributed by atoms with E-state index in [-0.39, 0.29) is 17.3 Å². The van der Waals surface area contributed by atoms with Gasteiger partial charge in [-0.25, -0.2) is 4.79 Å². The molecule has 0 bridgehead atoms. The minimum atomic E-state index is -0.824. The van der Waals surface area contributed by atoms with Crippen LogP contribution in [0.25, 0.3) is 0 Å². The maximum absolute atomic E-state index is 12.5. The number of rotatable bonds is 5. The van der Waals surface area contributed by atoms with Crippen LogP contribution >= 0.6 is 0 Å². The van der Waals surface area contributed by atoms with Gasteiger partial charge >= 0.3 is 6.03 Å². The van der Waals surface area contributed by atoms with Crippen LogP contribution in [0.4, 0.5) is 4.79 Å². The molecule has 2 fully saturated rings. The number of urea groups is 1. The van der Waals surface area contributed by atoms with Gasteiger partial charge in [-0.2, -0.15) is 0 Å². The number of nitrogens with zero attached hydrogens (tertiary/aromatic N) is 2. The van der Waals surface area contributed by atoms with Crippen molar-refractivity contribution in [3.05, 3.63) is 0 Å². The van der Waals surface area contributed by atoms with Crippen molar-refractivity contribution in [2.24, 2.45) is 5.92 Å². The number of hydrogen-bond donors (Lipinski definition) is 1. The maximum Gasteiger partial charge on any atom is 0.317 e. The molecule has 6 heteroatoms. The Kier molecular flexibility index (Phi) is 7.34. The van der Waals surface area contributed by atoms with Crippen molar-refractivity contribution in [1.29, 1.82) is 0 Å². The topological polar surface area (TPSA) is 52.7 Å². The van der Waals surface area contributed by atoms with E-state index in [0.717, 1.165) is 38.8 Å². The van der Waals surface area contributed by atoms with E-state index in [0.29, 0.717) is 11.7 Å². The molecular formula is C17H33N3O2S. The van der Waals surface area contributed by atoms with E-state index < -0.39 is 10.8 Å². The number of hydrogen-bond acceptors (Lipinski definition) is 3. The molecule has 1 saturated heterocycles. The molecule has 1 heterocycles. The van der Waals surface area contributed by atoms with Crippen LogP contribution in [0.1, 0.15) is 45.4 Å². The lowest BCUT2D eigenvalue weighted by atomic mass is 9.95. The summed E-state index contributed by atoms with van der Waals surface area (Å²) in [7, 11) is 3.22. The van der Waals surface area contributed by atoms with E-state index in [4.69, 9.17) is 0 Å². The largest absolute Gasteiger partial charge is 0.334 e. The zero-order valence-corrected chi connectivity index (χ0v) is 15.7. The van der Waals surface area contributed by atoms with Crippen LogP contribution in [0, 0.1) is 5.92 Å². The fourth-order valence-electron chi connectivity index (χ4n) is 3.95. The van der Waals surface area contributed by atoms with Crippen LogP contribution in [-0.4, -0.2) is 70.8 Å². The first-order valence-corrected chi connectivity index (χ1v) is 10.5. The number of carbonyl (C=O) groups excluding carboxylic acids is 1. The quantitative estimate of drug-likeness (QED) is 0.831. The highest BCUT2D eigenvalue weighted by Gasteiger charge is 2.31. The Morgan fingerprint density at radius 3 is 2.70 bits per heavy atom. The Labute approximate surface area is 143 Å². The fraction of sp³-hybridized carbons (Fsp3) is 0.941. The van der Waals surface area contributed by atoms with Crippen molar-refractivity contribution in [2.75, 3.05) is 39.5 Å². The van der Waals surface area contributed by atoms with Gasteiger partial charge in [0.25, 0.3) is 0 Å². The second-order valence-electron chi connectivity index (χ2n) is 7.20. The average molecular weight is 344 g/mol. The van der Waals surface area contributed by atoms with Gasteiger partial charge in [0.05, 0.1) is 5.25 Å². The van der Waals surface area contributed by atoms with Crippen molar-refractivity contribution in [3.63, 3.8) is 0 Å². The molecule has 0 aromatic heterocycles. The molecule has 23 heavy (non-hydrogen) atoms. The monoisotopic (exact) mass is 343 g/mol. The molecule has 2 amide bonds. The van der Waals surface area contributed by atoms with Crippen LogP contribution in [0.3, 0.4) is 0 Å². The van der Waals surface area contributed by atoms with Crippen LogP contribution in [0.15, 0.2) is 0 Å². The van der Waals surface area contributed by atoms with E-state index in [1.165, 1.54) is 19.4 Å². The second kappa shape index (κ2) is 9.02. The smallest absolute Gasteiger partial charge is 0.317 e. The van der Waals surface area contributed by atoms with Gasteiger partial charge in [0.2, 0.25) is 0 Å². The first-order chi connectivity index (χ1) is 11.0. The van der Waals surface area contributed by atoms with Gasteiger partial charge in [-0.1, -0.05) is 19.8 Å². The van der Waals surface area contributed by atoms with Crippen molar-refractivity contribution >= 4 is 16.8 Å². The molecule has 0 radical (unpaired) electrons. The molecule has 4 atom stereocenters. The summed E-state index contributed by atoms with van der Waals surface area (Å²) in [6, 6.07) is 0.0803. The Balaban J connectivity index is 1.85. The number of amides is 2. The van der Waals surface area contributed by atoms with Crippen molar-refractivity contribution < 1.29 is 9.00 Å². The van der Waals surface area contributed by atoms with Crippen LogP contribution in [0.5, 0.6) is 0 Å². The van der Waals surface area contributed by atoms with Gasteiger partial charge in [-0.15, -0.1) is 0 Å². The lowest BCUT2D eigenvalue weighted by molar-refractivity contribution is 0.160. The molecule has 134 valence electrons. The van der Waals surface area contributed by atoms with E-state index in [1.54, 1.807) is 0 Å².